The Morgan fingerprint density at radius 2 is 1.90 bits per heavy atom. The van der Waals surface area contributed by atoms with Gasteiger partial charge in [0.25, 0.3) is 5.88 Å². The number of nitrogens with zero attached hydrogens (tertiary/aromatic N) is 4. The Balaban J connectivity index is 0.000000645. The van der Waals surface area contributed by atoms with E-state index in [9.17, 15) is 0 Å². The van der Waals surface area contributed by atoms with Gasteiger partial charge in [0.15, 0.2) is 5.82 Å². The average molecular weight is 451 g/mol. The molecule has 5 rings (SSSR count). The van der Waals surface area contributed by atoms with Crippen LogP contribution in [0.3, 0.4) is 0 Å². The molecule has 1 saturated heterocycles. The van der Waals surface area contributed by atoms with Gasteiger partial charge in [-0.2, -0.15) is 4.98 Å². The predicted molar refractivity (Wildman–Crippen MR) is 125 cm³/mol. The molecule has 2 aliphatic heterocycles. The van der Waals surface area contributed by atoms with E-state index in [-0.39, 0.29) is 6.04 Å². The van der Waals surface area contributed by atoms with Gasteiger partial charge in [-0.05, 0) is 26.7 Å². The van der Waals surface area contributed by atoms with E-state index >= 15 is 0 Å². The van der Waals surface area contributed by atoms with Crippen molar-refractivity contribution in [1.82, 2.24) is 19.7 Å². The second kappa shape index (κ2) is 10.0. The van der Waals surface area contributed by atoms with E-state index in [0.717, 1.165) is 43.9 Å². The molecule has 2 fully saturated rings. The highest BCUT2D eigenvalue weighted by Gasteiger charge is 2.51. The van der Waals surface area contributed by atoms with Crippen LogP contribution >= 0.6 is 11.6 Å². The Morgan fingerprint density at radius 3 is 2.55 bits per heavy atom. The van der Waals surface area contributed by atoms with Crippen LogP contribution in [0.1, 0.15) is 65.6 Å². The van der Waals surface area contributed by atoms with Gasteiger partial charge in [0.05, 0.1) is 37.8 Å². The maximum atomic E-state index is 6.23. The Morgan fingerprint density at radius 1 is 1.19 bits per heavy atom. The first-order chi connectivity index (χ1) is 15.0. The van der Waals surface area contributed by atoms with Crippen LogP contribution in [0.15, 0.2) is 6.20 Å². The number of hydrogen-bond acceptors (Lipinski definition) is 7. The molecule has 0 aromatic carbocycles. The summed E-state index contributed by atoms with van der Waals surface area (Å²) in [5.41, 5.74) is 2.24. The molecule has 2 aromatic rings. The Kier molecular flexibility index (Phi) is 7.64. The van der Waals surface area contributed by atoms with Crippen molar-refractivity contribution in [3.05, 3.63) is 16.9 Å². The summed E-state index contributed by atoms with van der Waals surface area (Å²) in [5.74, 6) is 1.70. The van der Waals surface area contributed by atoms with Gasteiger partial charge in [-0.15, -0.1) is 5.10 Å². The summed E-state index contributed by atoms with van der Waals surface area (Å²) in [6, 6.07) is 0.557. The zero-order valence-corrected chi connectivity index (χ0v) is 20.2. The average Bonchev–Trinajstić information content (AvgIpc) is 3.00. The summed E-state index contributed by atoms with van der Waals surface area (Å²) in [6.45, 7) is 14.5. The smallest absolute Gasteiger partial charge is 0.257 e. The van der Waals surface area contributed by atoms with Crippen molar-refractivity contribution < 1.29 is 9.47 Å². The van der Waals surface area contributed by atoms with Crippen molar-refractivity contribution >= 4 is 29.1 Å². The number of ether oxygens (including phenoxy) is 2. The summed E-state index contributed by atoms with van der Waals surface area (Å²) >= 11 is 6.23. The fraction of sp³-hybridized carbons (Fsp3) is 0.682. The Hall–Kier alpha value is -2.06. The summed E-state index contributed by atoms with van der Waals surface area (Å²) < 4.78 is 13.5. The van der Waals surface area contributed by atoms with Crippen molar-refractivity contribution in [2.24, 2.45) is 5.41 Å². The second-order valence-electron chi connectivity index (χ2n) is 7.96. The molecule has 31 heavy (non-hydrogen) atoms. The van der Waals surface area contributed by atoms with Crippen LogP contribution in [-0.4, -0.2) is 45.6 Å². The molecule has 1 spiro atoms. The number of halogens is 1. The van der Waals surface area contributed by atoms with Crippen LogP contribution in [0, 0.1) is 12.3 Å². The number of hydrogen-bond donors (Lipinski definition) is 2. The van der Waals surface area contributed by atoms with E-state index in [0.29, 0.717) is 40.7 Å². The maximum absolute atomic E-state index is 6.23. The summed E-state index contributed by atoms with van der Waals surface area (Å²) in [5, 5.41) is 11.9. The van der Waals surface area contributed by atoms with Crippen molar-refractivity contribution in [1.29, 1.82) is 0 Å². The molecule has 2 N–H and O–H groups in total. The van der Waals surface area contributed by atoms with Gasteiger partial charge >= 0.3 is 0 Å². The van der Waals surface area contributed by atoms with Gasteiger partial charge in [-0.25, -0.2) is 4.98 Å². The van der Waals surface area contributed by atoms with Crippen molar-refractivity contribution in [3.8, 4) is 5.88 Å². The van der Waals surface area contributed by atoms with Crippen LogP contribution in [0.4, 0.5) is 17.5 Å². The van der Waals surface area contributed by atoms with Crippen LogP contribution < -0.4 is 15.4 Å². The van der Waals surface area contributed by atoms with Crippen molar-refractivity contribution in [2.45, 2.75) is 72.9 Å². The van der Waals surface area contributed by atoms with Crippen LogP contribution in [0.25, 0.3) is 0 Å². The van der Waals surface area contributed by atoms with Gasteiger partial charge in [0, 0.05) is 17.9 Å². The number of rotatable bonds is 1. The lowest BCUT2D eigenvalue weighted by Gasteiger charge is -2.53. The van der Waals surface area contributed by atoms with E-state index < -0.39 is 0 Å². The minimum absolute atomic E-state index is 0.167. The van der Waals surface area contributed by atoms with Gasteiger partial charge < -0.3 is 20.1 Å². The van der Waals surface area contributed by atoms with E-state index in [4.69, 9.17) is 26.2 Å². The molecule has 0 radical (unpaired) electrons. The largest absolute Gasteiger partial charge is 0.475 e. The molecular weight excluding hydrogens is 416 g/mol. The lowest BCUT2D eigenvalue weighted by molar-refractivity contribution is -0.176. The third-order valence-electron chi connectivity index (χ3n) is 5.77. The number of anilines is 3. The molecule has 1 saturated carbocycles. The molecule has 1 atom stereocenters. The summed E-state index contributed by atoms with van der Waals surface area (Å²) in [6.07, 6.45) is 4.63. The highest BCUT2D eigenvalue weighted by molar-refractivity contribution is 6.32. The number of nitrogens with one attached hydrogen (secondary N) is 2. The minimum atomic E-state index is 0.167. The molecule has 172 valence electrons. The van der Waals surface area contributed by atoms with Gasteiger partial charge in [0.1, 0.15) is 10.7 Å². The fourth-order valence-corrected chi connectivity index (χ4v) is 4.26. The molecule has 1 unspecified atom stereocenters. The number of fused-ring (bicyclic) bond motifs is 3. The standard InChI is InChI=1S/C18H23ClN6O2.2C2H6/c1-10-3-4-27-16-14(22-17-20-7-13(19)15(21-10)23-17)11(2)25(24-16)12-5-18(6-12)8-26-9-18;2*1-2/h7,10,12H,3-6,8-9H2,1-2H3,(H2,20,21,22,23);2*1-2H3. The highest BCUT2D eigenvalue weighted by Crippen LogP contribution is 2.54. The first-order valence-corrected chi connectivity index (χ1v) is 11.8. The third-order valence-corrected chi connectivity index (χ3v) is 6.05. The molecule has 2 bridgehead atoms. The van der Waals surface area contributed by atoms with Crippen LogP contribution in [0.2, 0.25) is 5.02 Å². The quantitative estimate of drug-likeness (QED) is 0.604. The maximum Gasteiger partial charge on any atom is 0.257 e. The SMILES string of the molecule is CC.CC.Cc1c2c(nn1C1CC3(COC3)C1)OCCC(C)Nc1nc(ncc1Cl)N2. The minimum Gasteiger partial charge on any atom is -0.475 e. The lowest BCUT2D eigenvalue weighted by Crippen LogP contribution is -2.52. The van der Waals surface area contributed by atoms with Gasteiger partial charge in [-0.1, -0.05) is 39.3 Å². The van der Waals surface area contributed by atoms with Gasteiger partial charge in [-0.3, -0.25) is 4.68 Å². The zero-order chi connectivity index (χ0) is 22.6. The molecule has 2 aromatic heterocycles. The predicted octanol–water partition coefficient (Wildman–Crippen LogP) is 5.37. The van der Waals surface area contributed by atoms with Crippen molar-refractivity contribution in [2.75, 3.05) is 30.5 Å². The van der Waals surface area contributed by atoms with E-state index in [1.807, 2.05) is 27.7 Å². The normalized spacial score (nSPS) is 21.1. The summed E-state index contributed by atoms with van der Waals surface area (Å²) in [7, 11) is 0. The highest BCUT2D eigenvalue weighted by atomic mass is 35.5. The van der Waals surface area contributed by atoms with E-state index in [1.54, 1.807) is 6.20 Å². The number of aromatic nitrogens is 4. The van der Waals surface area contributed by atoms with E-state index in [1.165, 1.54) is 0 Å². The summed E-state index contributed by atoms with van der Waals surface area (Å²) in [4.78, 5) is 8.83. The van der Waals surface area contributed by atoms with Crippen LogP contribution in [-0.2, 0) is 4.74 Å². The molecule has 8 nitrogen and oxygen atoms in total. The first-order valence-electron chi connectivity index (χ1n) is 11.4. The van der Waals surface area contributed by atoms with Gasteiger partial charge in [0.2, 0.25) is 5.95 Å². The Bertz CT molecular complexity index is 875. The zero-order valence-electron chi connectivity index (χ0n) is 19.5. The van der Waals surface area contributed by atoms with Crippen molar-refractivity contribution in [3.63, 3.8) is 0 Å². The fourth-order valence-electron chi connectivity index (χ4n) is 4.11. The molecule has 3 aliphatic rings. The molecule has 4 heterocycles. The molecule has 1 aliphatic carbocycles. The molecular formula is C22H35ClN6O2. The molecule has 9 heteroatoms. The monoisotopic (exact) mass is 450 g/mol. The third kappa shape index (κ3) is 4.75. The first kappa shape index (κ1) is 23.6. The lowest BCUT2D eigenvalue weighted by atomic mass is 9.64. The van der Waals surface area contributed by atoms with E-state index in [2.05, 4.69) is 39.1 Å². The Labute approximate surface area is 190 Å². The van der Waals surface area contributed by atoms with Crippen LogP contribution in [0.5, 0.6) is 5.88 Å². The topological polar surface area (TPSA) is 86.1 Å². The second-order valence-corrected chi connectivity index (χ2v) is 8.37. The molecule has 0 amide bonds.